The summed E-state index contributed by atoms with van der Waals surface area (Å²) >= 11 is 0. The second-order valence-corrected chi connectivity index (χ2v) is 6.52. The summed E-state index contributed by atoms with van der Waals surface area (Å²) in [4.78, 5) is 0. The summed E-state index contributed by atoms with van der Waals surface area (Å²) < 4.78 is 22.3. The predicted molar refractivity (Wildman–Crippen MR) is 57.0 cm³/mol. The van der Waals surface area contributed by atoms with Crippen LogP contribution >= 0.6 is 10.7 Å². The zero-order valence-electron chi connectivity index (χ0n) is 7.61. The standard InChI is InChI=1S/C10H11ClO2S/c11-14(12,13)10-6-5-8-3-1-2-4-9(8)7-10/h1-4,10H,5-7H2/t10-/m1/s1. The molecule has 2 nitrogen and oxygen atoms in total. The van der Waals surface area contributed by atoms with Gasteiger partial charge in [-0.25, -0.2) is 8.42 Å². The highest BCUT2D eigenvalue weighted by atomic mass is 35.7. The monoisotopic (exact) mass is 230 g/mol. The van der Waals surface area contributed by atoms with E-state index in [2.05, 4.69) is 0 Å². The van der Waals surface area contributed by atoms with E-state index in [0.717, 1.165) is 12.0 Å². The minimum absolute atomic E-state index is 0.404. The maximum Gasteiger partial charge on any atom is 0.235 e. The third kappa shape index (κ3) is 1.93. The van der Waals surface area contributed by atoms with E-state index in [1.807, 2.05) is 24.3 Å². The van der Waals surface area contributed by atoms with Gasteiger partial charge in [-0.2, -0.15) is 0 Å². The van der Waals surface area contributed by atoms with Gasteiger partial charge in [0.2, 0.25) is 9.05 Å². The van der Waals surface area contributed by atoms with Gasteiger partial charge >= 0.3 is 0 Å². The molecule has 0 fully saturated rings. The fourth-order valence-corrected chi connectivity index (χ4v) is 3.14. The van der Waals surface area contributed by atoms with Crippen LogP contribution in [0.15, 0.2) is 24.3 Å². The molecule has 1 aromatic carbocycles. The van der Waals surface area contributed by atoms with E-state index in [1.54, 1.807) is 0 Å². The number of rotatable bonds is 1. The van der Waals surface area contributed by atoms with Crippen molar-refractivity contribution in [3.05, 3.63) is 35.4 Å². The van der Waals surface area contributed by atoms with Crippen molar-refractivity contribution in [1.29, 1.82) is 0 Å². The minimum Gasteiger partial charge on any atom is -0.212 e. The summed E-state index contributed by atoms with van der Waals surface area (Å²) in [5.74, 6) is 0. The Morgan fingerprint density at radius 2 is 1.86 bits per heavy atom. The molecule has 0 heterocycles. The summed E-state index contributed by atoms with van der Waals surface area (Å²) in [6.07, 6.45) is 2.01. The summed E-state index contributed by atoms with van der Waals surface area (Å²) in [6, 6.07) is 7.94. The molecule has 0 bridgehead atoms. The first kappa shape index (κ1) is 9.99. The molecule has 1 aliphatic carbocycles. The summed E-state index contributed by atoms with van der Waals surface area (Å²) in [5, 5.41) is -0.404. The van der Waals surface area contributed by atoms with Gasteiger partial charge in [-0.15, -0.1) is 0 Å². The molecule has 0 radical (unpaired) electrons. The van der Waals surface area contributed by atoms with Crippen molar-refractivity contribution in [2.75, 3.05) is 0 Å². The van der Waals surface area contributed by atoms with Crippen LogP contribution in [0.5, 0.6) is 0 Å². The van der Waals surface area contributed by atoms with E-state index in [9.17, 15) is 8.42 Å². The van der Waals surface area contributed by atoms with Crippen LogP contribution in [0.4, 0.5) is 0 Å². The van der Waals surface area contributed by atoms with Gasteiger partial charge in [0.25, 0.3) is 0 Å². The Morgan fingerprint density at radius 3 is 2.50 bits per heavy atom. The van der Waals surface area contributed by atoms with Crippen molar-refractivity contribution >= 4 is 19.7 Å². The normalized spacial score (nSPS) is 21.6. The van der Waals surface area contributed by atoms with Crippen molar-refractivity contribution in [3.8, 4) is 0 Å². The van der Waals surface area contributed by atoms with Crippen molar-refractivity contribution < 1.29 is 8.42 Å². The van der Waals surface area contributed by atoms with Crippen LogP contribution in [0.3, 0.4) is 0 Å². The van der Waals surface area contributed by atoms with E-state index < -0.39 is 14.3 Å². The first-order valence-corrected chi connectivity index (χ1v) is 6.95. The van der Waals surface area contributed by atoms with Crippen LogP contribution in [0, 0.1) is 0 Å². The Hall–Kier alpha value is -0.540. The van der Waals surface area contributed by atoms with Crippen LogP contribution in [-0.2, 0) is 21.9 Å². The maximum atomic E-state index is 11.2. The Kier molecular flexibility index (Phi) is 2.54. The highest BCUT2D eigenvalue weighted by Gasteiger charge is 2.27. The van der Waals surface area contributed by atoms with Gasteiger partial charge in [0.1, 0.15) is 0 Å². The lowest BCUT2D eigenvalue weighted by Crippen LogP contribution is -2.24. The minimum atomic E-state index is -3.40. The Morgan fingerprint density at radius 1 is 1.21 bits per heavy atom. The average Bonchev–Trinajstić information content (AvgIpc) is 2.16. The number of halogens is 1. The molecule has 1 atom stereocenters. The molecule has 0 saturated carbocycles. The van der Waals surface area contributed by atoms with Crippen LogP contribution in [-0.4, -0.2) is 13.7 Å². The maximum absolute atomic E-state index is 11.2. The quantitative estimate of drug-likeness (QED) is 0.693. The van der Waals surface area contributed by atoms with Crippen molar-refractivity contribution in [3.63, 3.8) is 0 Å². The summed E-state index contributed by atoms with van der Waals surface area (Å²) in [7, 11) is 1.95. The fourth-order valence-electron chi connectivity index (χ4n) is 1.90. The number of hydrogen-bond donors (Lipinski definition) is 0. The highest BCUT2D eigenvalue weighted by Crippen LogP contribution is 2.26. The van der Waals surface area contributed by atoms with Gasteiger partial charge in [0.15, 0.2) is 0 Å². The Labute approximate surface area is 88.3 Å². The van der Waals surface area contributed by atoms with Gasteiger partial charge in [-0.05, 0) is 30.4 Å². The molecule has 0 N–H and O–H groups in total. The van der Waals surface area contributed by atoms with Gasteiger partial charge in [-0.3, -0.25) is 0 Å². The van der Waals surface area contributed by atoms with Gasteiger partial charge in [0, 0.05) is 10.7 Å². The summed E-state index contributed by atoms with van der Waals surface area (Å²) in [5.41, 5.74) is 2.37. The first-order chi connectivity index (χ1) is 6.57. The largest absolute Gasteiger partial charge is 0.235 e. The molecule has 1 aliphatic rings. The fraction of sp³-hybridized carbons (Fsp3) is 0.400. The smallest absolute Gasteiger partial charge is 0.212 e. The zero-order chi connectivity index (χ0) is 10.2. The Balaban J connectivity index is 2.30. The van der Waals surface area contributed by atoms with Gasteiger partial charge in [0.05, 0.1) is 5.25 Å². The lowest BCUT2D eigenvalue weighted by molar-refractivity contribution is 0.575. The summed E-state index contributed by atoms with van der Waals surface area (Å²) in [6.45, 7) is 0. The molecular formula is C10H11ClO2S. The Bertz CT molecular complexity index is 439. The van der Waals surface area contributed by atoms with Crippen LogP contribution < -0.4 is 0 Å². The van der Waals surface area contributed by atoms with Crippen LogP contribution in [0.1, 0.15) is 17.5 Å². The lowest BCUT2D eigenvalue weighted by Gasteiger charge is -2.21. The molecule has 0 unspecified atom stereocenters. The van der Waals surface area contributed by atoms with Crippen molar-refractivity contribution in [2.45, 2.75) is 24.5 Å². The van der Waals surface area contributed by atoms with Crippen LogP contribution in [0.2, 0.25) is 0 Å². The predicted octanol–water partition coefficient (Wildman–Crippen LogP) is 2.11. The number of aryl methyl sites for hydroxylation is 1. The topological polar surface area (TPSA) is 34.1 Å². The van der Waals surface area contributed by atoms with Crippen molar-refractivity contribution in [2.24, 2.45) is 0 Å². The van der Waals surface area contributed by atoms with E-state index in [0.29, 0.717) is 12.8 Å². The molecule has 0 aliphatic heterocycles. The highest BCUT2D eigenvalue weighted by molar-refractivity contribution is 8.14. The third-order valence-corrected chi connectivity index (χ3v) is 4.65. The zero-order valence-corrected chi connectivity index (χ0v) is 9.18. The molecule has 4 heteroatoms. The molecule has 2 rings (SSSR count). The molecule has 0 spiro atoms. The second kappa shape index (κ2) is 3.55. The lowest BCUT2D eigenvalue weighted by atomic mass is 9.92. The molecule has 0 amide bonds. The van der Waals surface area contributed by atoms with Crippen LogP contribution in [0.25, 0.3) is 0 Å². The molecule has 1 aromatic rings. The average molecular weight is 231 g/mol. The third-order valence-electron chi connectivity index (χ3n) is 2.70. The van der Waals surface area contributed by atoms with Gasteiger partial charge < -0.3 is 0 Å². The van der Waals surface area contributed by atoms with E-state index in [-0.39, 0.29) is 0 Å². The number of hydrogen-bond acceptors (Lipinski definition) is 2. The van der Waals surface area contributed by atoms with Gasteiger partial charge in [-0.1, -0.05) is 24.3 Å². The van der Waals surface area contributed by atoms with E-state index in [1.165, 1.54) is 5.56 Å². The molecular weight excluding hydrogens is 220 g/mol. The number of fused-ring (bicyclic) bond motifs is 1. The number of benzene rings is 1. The van der Waals surface area contributed by atoms with Crippen molar-refractivity contribution in [1.82, 2.24) is 0 Å². The molecule has 0 aromatic heterocycles. The second-order valence-electron chi connectivity index (χ2n) is 3.61. The molecule has 76 valence electrons. The SMILES string of the molecule is O=S(=O)(Cl)[C@@H]1CCc2ccccc2C1. The first-order valence-electron chi connectivity index (χ1n) is 4.57. The van der Waals surface area contributed by atoms with E-state index in [4.69, 9.17) is 10.7 Å². The molecule has 14 heavy (non-hydrogen) atoms. The molecule has 0 saturated heterocycles. The van der Waals surface area contributed by atoms with E-state index >= 15 is 0 Å².